The van der Waals surface area contributed by atoms with Gasteiger partial charge in [-0.05, 0) is 31.9 Å². The number of anilines is 2. The predicted octanol–water partition coefficient (Wildman–Crippen LogP) is 3.77. The van der Waals surface area contributed by atoms with E-state index in [1.807, 2.05) is 0 Å². The number of hydrogen-bond donors (Lipinski definition) is 1. The highest BCUT2D eigenvalue weighted by Crippen LogP contribution is 2.37. The Morgan fingerprint density at radius 1 is 1.32 bits per heavy atom. The van der Waals surface area contributed by atoms with Gasteiger partial charge in [-0.1, -0.05) is 35.2 Å². The van der Waals surface area contributed by atoms with Crippen LogP contribution in [0.15, 0.2) is 28.6 Å². The van der Waals surface area contributed by atoms with E-state index < -0.39 is 17.8 Å². The van der Waals surface area contributed by atoms with E-state index in [4.69, 9.17) is 0 Å². The minimum Gasteiger partial charge on any atom is -0.433 e. The van der Waals surface area contributed by atoms with Crippen molar-refractivity contribution in [3.8, 4) is 5.75 Å². The van der Waals surface area contributed by atoms with Gasteiger partial charge in [0.25, 0.3) is 0 Å². The molecule has 1 aliphatic carbocycles. The maximum Gasteiger partial charge on any atom is 0.387 e. The number of carbonyl (C=O) groups is 2. The quantitative estimate of drug-likeness (QED) is 0.509. The molecule has 11 heteroatoms. The summed E-state index contributed by atoms with van der Waals surface area (Å²) >= 11 is 2.42. The van der Waals surface area contributed by atoms with Gasteiger partial charge in [-0.15, -0.1) is 10.2 Å². The fourth-order valence-electron chi connectivity index (χ4n) is 2.44. The van der Waals surface area contributed by atoms with Crippen LogP contribution in [-0.4, -0.2) is 39.9 Å². The third-order valence-electron chi connectivity index (χ3n) is 3.86. The molecule has 1 heterocycles. The van der Waals surface area contributed by atoms with Gasteiger partial charge >= 0.3 is 6.61 Å². The topological polar surface area (TPSA) is 84.4 Å². The molecule has 0 aliphatic heterocycles. The number of hydrogen-bond acceptors (Lipinski definition) is 7. The van der Waals surface area contributed by atoms with Crippen LogP contribution in [0.2, 0.25) is 0 Å². The molecular formula is C17H18F2N4O3S2. The van der Waals surface area contributed by atoms with Gasteiger partial charge in [-0.3, -0.25) is 14.5 Å². The first-order valence-corrected chi connectivity index (χ1v) is 10.2. The Hall–Kier alpha value is -2.27. The number of amides is 2. The maximum absolute atomic E-state index is 12.5. The Morgan fingerprint density at radius 3 is 2.68 bits per heavy atom. The molecule has 2 aromatic rings. The SMILES string of the molecule is CC(=O)N(c1nnc(SC(C)C(=O)Nc2ccccc2OC(F)F)s1)C1CC1. The van der Waals surface area contributed by atoms with Crippen LogP contribution >= 0.6 is 23.1 Å². The predicted molar refractivity (Wildman–Crippen MR) is 103 cm³/mol. The molecule has 3 rings (SSSR count). The Labute approximate surface area is 168 Å². The molecule has 0 spiro atoms. The Kier molecular flexibility index (Phi) is 6.45. The van der Waals surface area contributed by atoms with Crippen LogP contribution in [0, 0.1) is 0 Å². The van der Waals surface area contributed by atoms with Gasteiger partial charge in [0.2, 0.25) is 16.9 Å². The second-order valence-electron chi connectivity index (χ2n) is 6.09. The lowest BCUT2D eigenvalue weighted by Crippen LogP contribution is -2.30. The summed E-state index contributed by atoms with van der Waals surface area (Å²) in [5.74, 6) is -0.586. The van der Waals surface area contributed by atoms with E-state index in [0.29, 0.717) is 9.47 Å². The molecule has 1 aromatic carbocycles. The monoisotopic (exact) mass is 428 g/mol. The highest BCUT2D eigenvalue weighted by Gasteiger charge is 2.34. The first-order valence-electron chi connectivity index (χ1n) is 8.50. The summed E-state index contributed by atoms with van der Waals surface area (Å²) in [6, 6.07) is 6.16. The molecule has 2 amide bonds. The number of halogens is 2. The molecule has 0 bridgehead atoms. The summed E-state index contributed by atoms with van der Waals surface area (Å²) < 4.78 is 29.9. The lowest BCUT2D eigenvalue weighted by atomic mass is 10.3. The molecule has 1 aliphatic rings. The van der Waals surface area contributed by atoms with Gasteiger partial charge in [0.15, 0.2) is 4.34 Å². The molecule has 1 N–H and O–H groups in total. The third kappa shape index (κ3) is 5.16. The fraction of sp³-hybridized carbons (Fsp3) is 0.412. The second-order valence-corrected chi connectivity index (χ2v) is 8.64. The number of para-hydroxylation sites is 2. The highest BCUT2D eigenvalue weighted by molar-refractivity contribution is 8.02. The standard InChI is InChI=1S/C17H18F2N4O3S2/c1-9(14(25)20-12-5-3-4-6-13(12)26-15(18)19)27-17-22-21-16(28-17)23(10(2)24)11-7-8-11/h3-6,9,11,15H,7-8H2,1-2H3,(H,20,25). The molecule has 1 atom stereocenters. The van der Waals surface area contributed by atoms with Crippen LogP contribution in [-0.2, 0) is 9.59 Å². The van der Waals surface area contributed by atoms with Gasteiger partial charge in [-0.2, -0.15) is 8.78 Å². The molecule has 1 unspecified atom stereocenters. The summed E-state index contributed by atoms with van der Waals surface area (Å²) in [5, 5.41) is 10.6. The number of nitrogens with one attached hydrogen (secondary N) is 1. The van der Waals surface area contributed by atoms with Crippen molar-refractivity contribution in [1.29, 1.82) is 0 Å². The summed E-state index contributed by atoms with van der Waals surface area (Å²) in [6.45, 7) is 0.170. The number of rotatable bonds is 8. The van der Waals surface area contributed by atoms with Crippen molar-refractivity contribution in [3.05, 3.63) is 24.3 Å². The first kappa shape index (κ1) is 20.5. The third-order valence-corrected chi connectivity index (χ3v) is 5.97. The molecule has 28 heavy (non-hydrogen) atoms. The number of benzene rings is 1. The van der Waals surface area contributed by atoms with Crippen molar-refractivity contribution in [2.75, 3.05) is 10.2 Å². The summed E-state index contributed by atoms with van der Waals surface area (Å²) in [5.41, 5.74) is 0.162. The van der Waals surface area contributed by atoms with Gasteiger partial charge in [0.05, 0.1) is 10.9 Å². The van der Waals surface area contributed by atoms with E-state index >= 15 is 0 Å². The first-order chi connectivity index (χ1) is 13.3. The zero-order chi connectivity index (χ0) is 20.3. The van der Waals surface area contributed by atoms with Crippen molar-refractivity contribution in [3.63, 3.8) is 0 Å². The molecule has 150 valence electrons. The van der Waals surface area contributed by atoms with E-state index in [0.717, 1.165) is 12.8 Å². The van der Waals surface area contributed by atoms with Gasteiger partial charge < -0.3 is 10.1 Å². The highest BCUT2D eigenvalue weighted by atomic mass is 32.2. The van der Waals surface area contributed by atoms with Crippen LogP contribution in [0.3, 0.4) is 0 Å². The number of nitrogens with zero attached hydrogens (tertiary/aromatic N) is 3. The molecule has 1 aromatic heterocycles. The Bertz CT molecular complexity index is 860. The molecule has 1 saturated carbocycles. The maximum atomic E-state index is 12.5. The number of aromatic nitrogens is 2. The van der Waals surface area contributed by atoms with E-state index in [1.54, 1.807) is 17.9 Å². The summed E-state index contributed by atoms with van der Waals surface area (Å²) in [7, 11) is 0. The molecule has 1 fully saturated rings. The van der Waals surface area contributed by atoms with Crippen molar-refractivity contribution >= 4 is 45.7 Å². The van der Waals surface area contributed by atoms with Crippen LogP contribution in [0.25, 0.3) is 0 Å². The number of thioether (sulfide) groups is 1. The average molecular weight is 428 g/mol. The van der Waals surface area contributed by atoms with Crippen molar-refractivity contribution < 1.29 is 23.1 Å². The zero-order valence-corrected chi connectivity index (χ0v) is 16.7. The van der Waals surface area contributed by atoms with Crippen LogP contribution in [0.4, 0.5) is 19.6 Å². The second kappa shape index (κ2) is 8.82. The van der Waals surface area contributed by atoms with E-state index in [1.165, 1.54) is 48.2 Å². The van der Waals surface area contributed by atoms with Crippen molar-refractivity contribution in [2.24, 2.45) is 0 Å². The van der Waals surface area contributed by atoms with Gasteiger partial charge in [-0.25, -0.2) is 0 Å². The number of carbonyl (C=O) groups excluding carboxylic acids is 2. The molecule has 0 radical (unpaired) electrons. The molecular weight excluding hydrogens is 410 g/mol. The van der Waals surface area contributed by atoms with Gasteiger partial charge in [0.1, 0.15) is 5.75 Å². The summed E-state index contributed by atoms with van der Waals surface area (Å²) in [4.78, 5) is 25.9. The smallest absolute Gasteiger partial charge is 0.387 e. The minimum atomic E-state index is -2.99. The largest absolute Gasteiger partial charge is 0.433 e. The van der Waals surface area contributed by atoms with E-state index in [-0.39, 0.29) is 23.4 Å². The van der Waals surface area contributed by atoms with Crippen molar-refractivity contribution in [2.45, 2.75) is 48.9 Å². The van der Waals surface area contributed by atoms with Crippen LogP contribution in [0.1, 0.15) is 26.7 Å². The summed E-state index contributed by atoms with van der Waals surface area (Å²) in [6.07, 6.45) is 1.89. The molecule has 0 saturated heterocycles. The average Bonchev–Trinajstić information content (AvgIpc) is 3.35. The van der Waals surface area contributed by atoms with E-state index in [9.17, 15) is 18.4 Å². The van der Waals surface area contributed by atoms with Gasteiger partial charge in [0, 0.05) is 13.0 Å². The Morgan fingerprint density at radius 2 is 2.04 bits per heavy atom. The molecule has 7 nitrogen and oxygen atoms in total. The normalized spacial score (nSPS) is 14.6. The van der Waals surface area contributed by atoms with Crippen LogP contribution < -0.4 is 15.0 Å². The Balaban J connectivity index is 1.63. The number of alkyl halides is 2. The lowest BCUT2D eigenvalue weighted by molar-refractivity contribution is -0.117. The lowest BCUT2D eigenvalue weighted by Gasteiger charge is -2.15. The zero-order valence-electron chi connectivity index (χ0n) is 15.1. The number of ether oxygens (including phenoxy) is 1. The van der Waals surface area contributed by atoms with Crippen LogP contribution in [0.5, 0.6) is 5.75 Å². The van der Waals surface area contributed by atoms with E-state index in [2.05, 4.69) is 20.3 Å². The van der Waals surface area contributed by atoms with Crippen molar-refractivity contribution in [1.82, 2.24) is 10.2 Å². The fourth-order valence-corrected chi connectivity index (χ4v) is 4.54. The minimum absolute atomic E-state index is 0.0865.